The van der Waals surface area contributed by atoms with E-state index in [0.29, 0.717) is 5.95 Å². The third-order valence-corrected chi connectivity index (χ3v) is 5.24. The number of aromatic nitrogens is 2. The van der Waals surface area contributed by atoms with E-state index in [0.717, 1.165) is 48.4 Å². The van der Waals surface area contributed by atoms with E-state index in [2.05, 4.69) is 44.7 Å². The molecule has 0 aliphatic rings. The number of benzene rings is 2. The van der Waals surface area contributed by atoms with Gasteiger partial charge in [-0.15, -0.1) is 0 Å². The Morgan fingerprint density at radius 1 is 1.06 bits per heavy atom. The number of anilines is 2. The van der Waals surface area contributed by atoms with Crippen molar-refractivity contribution >= 4 is 21.8 Å². The first-order chi connectivity index (χ1) is 15.3. The first kappa shape index (κ1) is 23.8. The van der Waals surface area contributed by atoms with Crippen LogP contribution in [0.5, 0.6) is 0 Å². The zero-order chi connectivity index (χ0) is 23.0. The monoisotopic (exact) mass is 455 g/mol. The smallest absolute Gasteiger partial charge is 0.264 e. The van der Waals surface area contributed by atoms with E-state index in [9.17, 15) is 8.42 Å². The van der Waals surface area contributed by atoms with E-state index in [4.69, 9.17) is 4.18 Å². The van der Waals surface area contributed by atoms with Gasteiger partial charge in [0.1, 0.15) is 0 Å². The molecule has 0 amide bonds. The molecule has 0 aliphatic carbocycles. The summed E-state index contributed by atoms with van der Waals surface area (Å²) < 4.78 is 27.3. The molecule has 3 rings (SSSR count). The molecule has 0 atom stereocenters. The lowest BCUT2D eigenvalue weighted by Crippen LogP contribution is -2.26. The van der Waals surface area contributed by atoms with Crippen LogP contribution >= 0.6 is 0 Å². The predicted octanol–water partition coefficient (Wildman–Crippen LogP) is 3.01. The van der Waals surface area contributed by atoms with Crippen LogP contribution in [0.3, 0.4) is 0 Å². The van der Waals surface area contributed by atoms with Crippen molar-refractivity contribution in [3.63, 3.8) is 0 Å². The molecule has 0 fully saturated rings. The molecule has 8 nitrogen and oxygen atoms in total. The quantitative estimate of drug-likeness (QED) is 0.426. The van der Waals surface area contributed by atoms with Crippen LogP contribution in [-0.2, 0) is 27.5 Å². The minimum absolute atomic E-state index is 0.0230. The summed E-state index contributed by atoms with van der Waals surface area (Å²) in [6, 6.07) is 17.5. The standard InChI is InChI=1S/C23H29N5O3S/c1-24-12-13-28(2)16-18-6-4-8-20(14-18)22-10-11-25-23(27-22)26-21-9-5-7-19(15-21)17-31-32(3,29)30/h4-11,14-15,24H,12-13,16-17H2,1-3H3,(H,25,26,27). The molecule has 0 aliphatic heterocycles. The second kappa shape index (κ2) is 11.1. The minimum atomic E-state index is -3.50. The number of nitrogens with zero attached hydrogens (tertiary/aromatic N) is 3. The van der Waals surface area contributed by atoms with Crippen LogP contribution in [0.1, 0.15) is 11.1 Å². The molecule has 3 aromatic rings. The molecule has 9 heteroatoms. The van der Waals surface area contributed by atoms with Crippen molar-refractivity contribution in [3.05, 3.63) is 71.9 Å². The van der Waals surface area contributed by atoms with E-state index >= 15 is 0 Å². The molecule has 0 saturated carbocycles. The maximum atomic E-state index is 11.2. The van der Waals surface area contributed by atoms with Crippen molar-refractivity contribution in [3.8, 4) is 11.3 Å². The molecule has 1 aromatic heterocycles. The lowest BCUT2D eigenvalue weighted by molar-refractivity contribution is 0.312. The van der Waals surface area contributed by atoms with Crippen LogP contribution < -0.4 is 10.6 Å². The average Bonchev–Trinajstić information content (AvgIpc) is 2.76. The third kappa shape index (κ3) is 7.69. The zero-order valence-electron chi connectivity index (χ0n) is 18.6. The Morgan fingerprint density at radius 3 is 2.62 bits per heavy atom. The summed E-state index contributed by atoms with van der Waals surface area (Å²) >= 11 is 0. The van der Waals surface area contributed by atoms with Gasteiger partial charge in [-0.05, 0) is 49.5 Å². The summed E-state index contributed by atoms with van der Waals surface area (Å²) in [6.07, 6.45) is 2.75. The number of hydrogen-bond donors (Lipinski definition) is 2. The first-order valence-corrected chi connectivity index (χ1v) is 12.1. The Hall–Kier alpha value is -2.85. The highest BCUT2D eigenvalue weighted by molar-refractivity contribution is 7.85. The summed E-state index contributed by atoms with van der Waals surface area (Å²) in [5.74, 6) is 0.459. The summed E-state index contributed by atoms with van der Waals surface area (Å²) in [6.45, 7) is 2.74. The Kier molecular flexibility index (Phi) is 8.29. The van der Waals surface area contributed by atoms with Crippen molar-refractivity contribution in [1.29, 1.82) is 0 Å². The third-order valence-electron chi connectivity index (χ3n) is 4.70. The predicted molar refractivity (Wildman–Crippen MR) is 127 cm³/mol. The van der Waals surface area contributed by atoms with E-state index < -0.39 is 10.1 Å². The Labute approximate surface area is 189 Å². The molecule has 32 heavy (non-hydrogen) atoms. The molecule has 1 heterocycles. The van der Waals surface area contributed by atoms with Crippen molar-refractivity contribution in [2.45, 2.75) is 13.2 Å². The number of nitrogens with one attached hydrogen (secondary N) is 2. The lowest BCUT2D eigenvalue weighted by atomic mass is 10.1. The highest BCUT2D eigenvalue weighted by Gasteiger charge is 2.07. The van der Waals surface area contributed by atoms with Gasteiger partial charge in [-0.25, -0.2) is 9.97 Å². The number of hydrogen-bond acceptors (Lipinski definition) is 8. The van der Waals surface area contributed by atoms with Gasteiger partial charge in [0.15, 0.2) is 0 Å². The molecular weight excluding hydrogens is 426 g/mol. The molecule has 0 unspecified atom stereocenters. The van der Waals surface area contributed by atoms with Gasteiger partial charge in [0.05, 0.1) is 18.6 Å². The summed E-state index contributed by atoms with van der Waals surface area (Å²) in [7, 11) is 0.559. The largest absolute Gasteiger partial charge is 0.324 e. The minimum Gasteiger partial charge on any atom is -0.324 e. The Balaban J connectivity index is 1.72. The second-order valence-corrected chi connectivity index (χ2v) is 9.24. The average molecular weight is 456 g/mol. The summed E-state index contributed by atoms with van der Waals surface area (Å²) in [5, 5.41) is 6.34. The maximum Gasteiger partial charge on any atom is 0.264 e. The topological polar surface area (TPSA) is 96.5 Å². The van der Waals surface area contributed by atoms with Crippen LogP contribution in [0.2, 0.25) is 0 Å². The normalized spacial score (nSPS) is 11.6. The highest BCUT2D eigenvalue weighted by Crippen LogP contribution is 2.22. The van der Waals surface area contributed by atoms with E-state index in [1.165, 1.54) is 5.56 Å². The van der Waals surface area contributed by atoms with Crippen LogP contribution in [-0.4, -0.2) is 56.7 Å². The molecule has 2 aromatic carbocycles. The lowest BCUT2D eigenvalue weighted by Gasteiger charge is -2.17. The van der Waals surface area contributed by atoms with Crippen molar-refractivity contribution < 1.29 is 12.6 Å². The van der Waals surface area contributed by atoms with Crippen molar-refractivity contribution in [2.75, 3.05) is 38.8 Å². The highest BCUT2D eigenvalue weighted by atomic mass is 32.2. The van der Waals surface area contributed by atoms with Gasteiger partial charge in [-0.3, -0.25) is 4.18 Å². The van der Waals surface area contributed by atoms with Gasteiger partial charge in [-0.1, -0.05) is 30.3 Å². The first-order valence-electron chi connectivity index (χ1n) is 10.3. The molecular formula is C23H29N5O3S. The van der Waals surface area contributed by atoms with Crippen LogP contribution in [0.4, 0.5) is 11.6 Å². The second-order valence-electron chi connectivity index (χ2n) is 7.60. The fourth-order valence-electron chi connectivity index (χ4n) is 3.15. The van der Waals surface area contributed by atoms with E-state index in [1.54, 1.807) is 12.3 Å². The molecule has 2 N–H and O–H groups in total. The zero-order valence-corrected chi connectivity index (χ0v) is 19.4. The Bertz CT molecular complexity index is 1140. The van der Waals surface area contributed by atoms with Crippen LogP contribution in [0.15, 0.2) is 60.8 Å². The van der Waals surface area contributed by atoms with Gasteiger partial charge in [-0.2, -0.15) is 8.42 Å². The number of likely N-dealkylation sites (N-methyl/N-ethyl adjacent to an activating group) is 2. The molecule has 0 bridgehead atoms. The summed E-state index contributed by atoms with van der Waals surface area (Å²) in [5.41, 5.74) is 4.53. The number of rotatable bonds is 11. The van der Waals surface area contributed by atoms with Crippen LogP contribution in [0.25, 0.3) is 11.3 Å². The summed E-state index contributed by atoms with van der Waals surface area (Å²) in [4.78, 5) is 11.2. The van der Waals surface area contributed by atoms with E-state index in [1.807, 2.05) is 43.4 Å². The van der Waals surface area contributed by atoms with Crippen molar-refractivity contribution in [1.82, 2.24) is 20.2 Å². The molecule has 0 saturated heterocycles. The van der Waals surface area contributed by atoms with Crippen LogP contribution in [0, 0.1) is 0 Å². The van der Waals surface area contributed by atoms with Gasteiger partial charge < -0.3 is 15.5 Å². The van der Waals surface area contributed by atoms with Gasteiger partial charge in [0.2, 0.25) is 5.95 Å². The molecule has 0 radical (unpaired) electrons. The Morgan fingerprint density at radius 2 is 1.84 bits per heavy atom. The molecule has 0 spiro atoms. The van der Waals surface area contributed by atoms with E-state index in [-0.39, 0.29) is 6.61 Å². The SMILES string of the molecule is CNCCN(C)Cc1cccc(-c2ccnc(Nc3cccc(COS(C)(=O)=O)c3)n2)c1. The van der Waals surface area contributed by atoms with Gasteiger partial charge in [0.25, 0.3) is 10.1 Å². The van der Waals surface area contributed by atoms with Gasteiger partial charge in [0, 0.05) is 37.1 Å². The molecule has 170 valence electrons. The fourth-order valence-corrected chi connectivity index (χ4v) is 3.50. The van der Waals surface area contributed by atoms with Crippen molar-refractivity contribution in [2.24, 2.45) is 0 Å². The van der Waals surface area contributed by atoms with Gasteiger partial charge >= 0.3 is 0 Å². The fraction of sp³-hybridized carbons (Fsp3) is 0.304. The maximum absolute atomic E-state index is 11.2.